The molecule has 1 unspecified atom stereocenters. The number of aromatic carboxylic acids is 1. The van der Waals surface area contributed by atoms with Crippen molar-refractivity contribution in [3.05, 3.63) is 17.6 Å². The zero-order chi connectivity index (χ0) is 15.8. The Kier molecular flexibility index (Phi) is 6.54. The van der Waals surface area contributed by atoms with Gasteiger partial charge in [0.15, 0.2) is 0 Å². The number of carboxylic acids is 1. The second-order valence-electron chi connectivity index (χ2n) is 4.32. The van der Waals surface area contributed by atoms with Gasteiger partial charge in [0.1, 0.15) is 11.8 Å². The SMILES string of the molecule is CCCCOc1nc(C(=O)O)ncc1C(=O)NC(O)CC. The van der Waals surface area contributed by atoms with Gasteiger partial charge in [-0.2, -0.15) is 4.98 Å². The molecular weight excluding hydrogens is 278 g/mol. The lowest BCUT2D eigenvalue weighted by atomic mass is 10.3. The number of carbonyl (C=O) groups is 2. The van der Waals surface area contributed by atoms with Gasteiger partial charge in [-0.1, -0.05) is 20.3 Å². The Bertz CT molecular complexity index is 507. The Morgan fingerprint density at radius 2 is 2.14 bits per heavy atom. The summed E-state index contributed by atoms with van der Waals surface area (Å²) < 4.78 is 5.35. The van der Waals surface area contributed by atoms with E-state index in [2.05, 4.69) is 15.3 Å². The molecule has 0 aromatic carbocycles. The highest BCUT2D eigenvalue weighted by atomic mass is 16.5. The smallest absolute Gasteiger partial charge is 0.374 e. The van der Waals surface area contributed by atoms with Crippen LogP contribution in [0.15, 0.2) is 6.20 Å². The highest BCUT2D eigenvalue weighted by molar-refractivity contribution is 5.96. The fraction of sp³-hybridized carbons (Fsp3) is 0.538. The summed E-state index contributed by atoms with van der Waals surface area (Å²) in [5, 5.41) is 20.6. The number of hydrogen-bond donors (Lipinski definition) is 3. The van der Waals surface area contributed by atoms with Gasteiger partial charge in [-0.3, -0.25) is 4.79 Å². The summed E-state index contributed by atoms with van der Waals surface area (Å²) >= 11 is 0. The summed E-state index contributed by atoms with van der Waals surface area (Å²) in [6.45, 7) is 3.98. The van der Waals surface area contributed by atoms with Crippen LogP contribution in [0.2, 0.25) is 0 Å². The minimum atomic E-state index is -1.31. The van der Waals surface area contributed by atoms with Crippen LogP contribution in [0.4, 0.5) is 0 Å². The van der Waals surface area contributed by atoms with Gasteiger partial charge in [-0.05, 0) is 12.8 Å². The topological polar surface area (TPSA) is 122 Å². The van der Waals surface area contributed by atoms with Crippen LogP contribution in [-0.2, 0) is 0 Å². The lowest BCUT2D eigenvalue weighted by molar-refractivity contribution is 0.0677. The molecule has 0 spiro atoms. The Balaban J connectivity index is 2.99. The number of ether oxygens (including phenoxy) is 1. The zero-order valence-electron chi connectivity index (χ0n) is 12.0. The average molecular weight is 297 g/mol. The molecule has 0 aliphatic carbocycles. The molecule has 1 aromatic rings. The van der Waals surface area contributed by atoms with Crippen LogP contribution in [-0.4, -0.2) is 44.9 Å². The van der Waals surface area contributed by atoms with E-state index >= 15 is 0 Å². The molecule has 1 aromatic heterocycles. The van der Waals surface area contributed by atoms with Crippen molar-refractivity contribution in [3.8, 4) is 5.88 Å². The first-order valence-electron chi connectivity index (χ1n) is 6.71. The standard InChI is InChI=1S/C13H19N3O5/c1-3-5-6-21-12-8(11(18)15-9(17)4-2)7-14-10(16-12)13(19)20/h7,9,17H,3-6H2,1-2H3,(H,15,18)(H,19,20). The fourth-order valence-electron chi connectivity index (χ4n) is 1.38. The molecule has 3 N–H and O–H groups in total. The van der Waals surface area contributed by atoms with Gasteiger partial charge in [-0.25, -0.2) is 9.78 Å². The van der Waals surface area contributed by atoms with Crippen molar-refractivity contribution >= 4 is 11.9 Å². The third kappa shape index (κ3) is 4.99. The van der Waals surface area contributed by atoms with Gasteiger partial charge < -0.3 is 20.3 Å². The van der Waals surface area contributed by atoms with Crippen LogP contribution in [0, 0.1) is 0 Å². The summed E-state index contributed by atoms with van der Waals surface area (Å²) in [6.07, 6.45) is 2.04. The van der Waals surface area contributed by atoms with Crippen LogP contribution < -0.4 is 10.1 Å². The number of rotatable bonds is 8. The quantitative estimate of drug-likeness (QED) is 0.479. The van der Waals surface area contributed by atoms with E-state index in [0.717, 1.165) is 19.0 Å². The monoisotopic (exact) mass is 297 g/mol. The Morgan fingerprint density at radius 3 is 2.71 bits per heavy atom. The number of aromatic nitrogens is 2. The minimum absolute atomic E-state index is 0.0106. The van der Waals surface area contributed by atoms with Crippen LogP contribution in [0.1, 0.15) is 54.1 Å². The van der Waals surface area contributed by atoms with Gasteiger partial charge in [-0.15, -0.1) is 0 Å². The lowest BCUT2D eigenvalue weighted by Crippen LogP contribution is -2.34. The van der Waals surface area contributed by atoms with E-state index in [1.165, 1.54) is 0 Å². The molecule has 8 nitrogen and oxygen atoms in total. The number of carboxylic acid groups (broad SMARTS) is 1. The number of aliphatic hydroxyl groups excluding tert-OH is 1. The van der Waals surface area contributed by atoms with Gasteiger partial charge in [0.25, 0.3) is 5.91 Å². The zero-order valence-corrected chi connectivity index (χ0v) is 12.0. The third-order valence-electron chi connectivity index (χ3n) is 2.61. The predicted octanol–water partition coefficient (Wildman–Crippen LogP) is 0.812. The third-order valence-corrected chi connectivity index (χ3v) is 2.61. The van der Waals surface area contributed by atoms with E-state index < -0.39 is 23.9 Å². The molecule has 1 amide bonds. The van der Waals surface area contributed by atoms with E-state index in [4.69, 9.17) is 9.84 Å². The second-order valence-corrected chi connectivity index (χ2v) is 4.32. The van der Waals surface area contributed by atoms with Crippen molar-refractivity contribution in [2.45, 2.75) is 39.3 Å². The molecular formula is C13H19N3O5. The number of hydrogen-bond acceptors (Lipinski definition) is 6. The largest absolute Gasteiger partial charge is 0.477 e. The van der Waals surface area contributed by atoms with E-state index in [1.807, 2.05) is 6.92 Å². The van der Waals surface area contributed by atoms with Gasteiger partial charge in [0.2, 0.25) is 11.7 Å². The Hall–Kier alpha value is -2.22. The van der Waals surface area contributed by atoms with E-state index in [9.17, 15) is 14.7 Å². The number of carbonyl (C=O) groups excluding carboxylic acids is 1. The summed E-state index contributed by atoms with van der Waals surface area (Å²) in [4.78, 5) is 30.1. The van der Waals surface area contributed by atoms with Crippen molar-refractivity contribution in [3.63, 3.8) is 0 Å². The number of nitrogens with zero attached hydrogens (tertiary/aromatic N) is 2. The second kappa shape index (κ2) is 8.15. The van der Waals surface area contributed by atoms with E-state index in [-0.39, 0.29) is 11.4 Å². The number of aliphatic hydroxyl groups is 1. The summed E-state index contributed by atoms with van der Waals surface area (Å²) in [7, 11) is 0. The van der Waals surface area contributed by atoms with E-state index in [0.29, 0.717) is 13.0 Å². The van der Waals surface area contributed by atoms with Crippen molar-refractivity contribution in [2.24, 2.45) is 0 Å². The molecule has 0 fully saturated rings. The molecule has 0 saturated heterocycles. The van der Waals surface area contributed by atoms with Gasteiger partial charge >= 0.3 is 5.97 Å². The molecule has 0 radical (unpaired) electrons. The van der Waals surface area contributed by atoms with Crippen LogP contribution in [0.3, 0.4) is 0 Å². The minimum Gasteiger partial charge on any atom is -0.477 e. The summed E-state index contributed by atoms with van der Waals surface area (Å²) in [5.74, 6) is -2.48. The van der Waals surface area contributed by atoms with Crippen LogP contribution in [0.25, 0.3) is 0 Å². The van der Waals surface area contributed by atoms with Crippen molar-refractivity contribution in [2.75, 3.05) is 6.61 Å². The summed E-state index contributed by atoms with van der Waals surface area (Å²) in [5.41, 5.74) is -0.0106. The molecule has 0 bridgehead atoms. The highest BCUT2D eigenvalue weighted by Crippen LogP contribution is 2.15. The van der Waals surface area contributed by atoms with Gasteiger partial charge in [0.05, 0.1) is 6.61 Å². The number of nitrogens with one attached hydrogen (secondary N) is 1. The van der Waals surface area contributed by atoms with Crippen molar-refractivity contribution in [1.82, 2.24) is 15.3 Å². The van der Waals surface area contributed by atoms with Crippen LogP contribution in [0.5, 0.6) is 5.88 Å². The number of unbranched alkanes of at least 4 members (excludes halogenated alkanes) is 1. The van der Waals surface area contributed by atoms with Crippen LogP contribution >= 0.6 is 0 Å². The molecule has 1 heterocycles. The lowest BCUT2D eigenvalue weighted by Gasteiger charge is -2.13. The van der Waals surface area contributed by atoms with Gasteiger partial charge in [0, 0.05) is 6.20 Å². The number of amides is 1. The average Bonchev–Trinajstić information content (AvgIpc) is 2.47. The molecule has 0 aliphatic heterocycles. The first-order chi connectivity index (χ1) is 9.99. The maximum Gasteiger partial charge on any atom is 0.374 e. The maximum absolute atomic E-state index is 12.0. The molecule has 0 saturated carbocycles. The van der Waals surface area contributed by atoms with Crippen molar-refractivity contribution in [1.29, 1.82) is 0 Å². The first-order valence-corrected chi connectivity index (χ1v) is 6.71. The Labute approximate surface area is 122 Å². The fourth-order valence-corrected chi connectivity index (χ4v) is 1.38. The normalized spacial score (nSPS) is 11.8. The van der Waals surface area contributed by atoms with Crippen molar-refractivity contribution < 1.29 is 24.5 Å². The highest BCUT2D eigenvalue weighted by Gasteiger charge is 2.20. The molecule has 21 heavy (non-hydrogen) atoms. The molecule has 116 valence electrons. The predicted molar refractivity (Wildman–Crippen MR) is 73.2 cm³/mol. The van der Waals surface area contributed by atoms with E-state index in [1.54, 1.807) is 6.92 Å². The maximum atomic E-state index is 12.0. The summed E-state index contributed by atoms with van der Waals surface area (Å²) in [6, 6.07) is 0. The first kappa shape index (κ1) is 16.8. The Morgan fingerprint density at radius 1 is 1.43 bits per heavy atom. The molecule has 8 heteroatoms. The molecule has 0 aliphatic rings. The molecule has 1 atom stereocenters. The molecule has 1 rings (SSSR count).